The molecule has 0 bridgehead atoms. The van der Waals surface area contributed by atoms with Gasteiger partial charge >= 0.3 is 5.97 Å². The summed E-state index contributed by atoms with van der Waals surface area (Å²) < 4.78 is 31.3. The van der Waals surface area contributed by atoms with E-state index in [9.17, 15) is 13.2 Å². The molecule has 0 aliphatic rings. The molecule has 0 radical (unpaired) electrons. The topological polar surface area (TPSA) is 110 Å². The molecule has 2 N–H and O–H groups in total. The number of rotatable bonds is 6. The van der Waals surface area contributed by atoms with Crippen LogP contribution in [0.4, 0.5) is 0 Å². The minimum absolute atomic E-state index is 0.0197. The molecule has 2 aromatic heterocycles. The summed E-state index contributed by atoms with van der Waals surface area (Å²) in [4.78, 5) is 11.0. The smallest absolute Gasteiger partial charge is 0.308 e. The van der Waals surface area contributed by atoms with Crippen molar-refractivity contribution in [3.05, 3.63) is 34.5 Å². The molecule has 0 saturated carbocycles. The van der Waals surface area contributed by atoms with Crippen LogP contribution in [-0.4, -0.2) is 24.7 Å². The fourth-order valence-electron chi connectivity index (χ4n) is 1.49. The monoisotopic (exact) mass is 316 g/mol. The summed E-state index contributed by atoms with van der Waals surface area (Å²) in [6.07, 6.45) is -0.192. The molecule has 2 aromatic rings. The van der Waals surface area contributed by atoms with Crippen LogP contribution >= 0.6 is 11.3 Å². The lowest BCUT2D eigenvalue weighted by atomic mass is 10.3. The van der Waals surface area contributed by atoms with E-state index in [0.717, 1.165) is 11.3 Å². The molecule has 20 heavy (non-hydrogen) atoms. The number of nitrogens with one attached hydrogen (secondary N) is 1. The highest BCUT2D eigenvalue weighted by Gasteiger charge is 2.18. The number of aromatic nitrogens is 1. The van der Waals surface area contributed by atoms with Crippen LogP contribution in [0, 0.1) is 6.92 Å². The van der Waals surface area contributed by atoms with Gasteiger partial charge in [0.1, 0.15) is 9.97 Å². The molecule has 0 saturated heterocycles. The molecule has 9 heteroatoms. The molecule has 0 aromatic carbocycles. The van der Waals surface area contributed by atoms with Crippen LogP contribution in [0.1, 0.15) is 16.3 Å². The first kappa shape index (κ1) is 14.7. The Morgan fingerprint density at radius 1 is 1.50 bits per heavy atom. The third-order valence-corrected chi connectivity index (χ3v) is 5.33. The Hall–Kier alpha value is -1.71. The molecule has 0 unspecified atom stereocenters. The van der Waals surface area contributed by atoms with Gasteiger partial charge in [-0.05, 0) is 19.1 Å². The van der Waals surface area contributed by atoms with Crippen LogP contribution in [-0.2, 0) is 27.8 Å². The second-order valence-corrected chi connectivity index (χ2v) is 7.21. The van der Waals surface area contributed by atoms with Crippen molar-refractivity contribution in [2.24, 2.45) is 0 Å². The lowest BCUT2D eigenvalue weighted by molar-refractivity contribution is -0.136. The zero-order chi connectivity index (χ0) is 14.8. The number of aliphatic carboxylic acids is 1. The fourth-order valence-corrected chi connectivity index (χ4v) is 3.88. The Bertz CT molecular complexity index is 717. The average Bonchev–Trinajstić information content (AvgIpc) is 2.95. The summed E-state index contributed by atoms with van der Waals surface area (Å²) in [5.74, 6) is -0.402. The van der Waals surface area contributed by atoms with E-state index in [1.165, 1.54) is 12.1 Å². The van der Waals surface area contributed by atoms with Crippen molar-refractivity contribution in [1.29, 1.82) is 0 Å². The first-order valence-electron chi connectivity index (χ1n) is 5.59. The first-order chi connectivity index (χ1) is 9.37. The molecule has 0 amide bonds. The van der Waals surface area contributed by atoms with Crippen LogP contribution in [0.25, 0.3) is 0 Å². The molecular weight excluding hydrogens is 304 g/mol. The molecule has 0 aliphatic heterocycles. The van der Waals surface area contributed by atoms with Gasteiger partial charge in [-0.2, -0.15) is 0 Å². The van der Waals surface area contributed by atoms with E-state index < -0.39 is 16.0 Å². The number of sulfonamides is 1. The lowest BCUT2D eigenvalue weighted by Crippen LogP contribution is -2.22. The molecule has 0 aliphatic carbocycles. The molecule has 108 valence electrons. The van der Waals surface area contributed by atoms with Gasteiger partial charge in [-0.15, -0.1) is 11.3 Å². The maximum Gasteiger partial charge on any atom is 0.308 e. The van der Waals surface area contributed by atoms with E-state index >= 15 is 0 Å². The number of carboxylic acids is 1. The summed E-state index contributed by atoms with van der Waals surface area (Å²) in [6, 6.07) is 4.51. The molecule has 0 spiro atoms. The SMILES string of the molecule is Cc1cc(CNS(=O)(=O)c2ccc(CC(=O)O)s2)no1. The first-order valence-corrected chi connectivity index (χ1v) is 7.89. The van der Waals surface area contributed by atoms with Crippen molar-refractivity contribution in [1.82, 2.24) is 9.88 Å². The minimum atomic E-state index is -3.67. The summed E-state index contributed by atoms with van der Waals surface area (Å²) in [5, 5.41) is 12.3. The maximum absolute atomic E-state index is 12.0. The van der Waals surface area contributed by atoms with E-state index in [0.29, 0.717) is 16.3 Å². The lowest BCUT2D eigenvalue weighted by Gasteiger charge is -2.01. The normalized spacial score (nSPS) is 11.7. The number of nitrogens with zero attached hydrogens (tertiary/aromatic N) is 1. The number of aryl methyl sites for hydroxylation is 1. The highest BCUT2D eigenvalue weighted by atomic mass is 32.2. The Morgan fingerprint density at radius 2 is 2.25 bits per heavy atom. The number of hydrogen-bond acceptors (Lipinski definition) is 6. The Kier molecular flexibility index (Phi) is 4.21. The summed E-state index contributed by atoms with van der Waals surface area (Å²) in [7, 11) is -3.67. The van der Waals surface area contributed by atoms with Crippen LogP contribution in [0.3, 0.4) is 0 Å². The van der Waals surface area contributed by atoms with Crippen molar-refractivity contribution >= 4 is 27.3 Å². The fraction of sp³-hybridized carbons (Fsp3) is 0.273. The van der Waals surface area contributed by atoms with E-state index in [1.807, 2.05) is 0 Å². The van der Waals surface area contributed by atoms with Crippen molar-refractivity contribution in [2.45, 2.75) is 24.1 Å². The van der Waals surface area contributed by atoms with E-state index in [-0.39, 0.29) is 17.2 Å². The molecule has 2 rings (SSSR count). The van der Waals surface area contributed by atoms with Crippen LogP contribution in [0.2, 0.25) is 0 Å². The van der Waals surface area contributed by atoms with Crippen LogP contribution < -0.4 is 4.72 Å². The van der Waals surface area contributed by atoms with Crippen LogP contribution in [0.5, 0.6) is 0 Å². The second-order valence-electron chi connectivity index (χ2n) is 4.04. The number of hydrogen-bond donors (Lipinski definition) is 2. The van der Waals surface area contributed by atoms with Crippen molar-refractivity contribution in [3.63, 3.8) is 0 Å². The second kappa shape index (κ2) is 5.73. The quantitative estimate of drug-likeness (QED) is 0.827. The van der Waals surface area contributed by atoms with Gasteiger partial charge in [0.25, 0.3) is 0 Å². The van der Waals surface area contributed by atoms with E-state index in [2.05, 4.69) is 9.88 Å². The number of carbonyl (C=O) groups is 1. The minimum Gasteiger partial charge on any atom is -0.481 e. The van der Waals surface area contributed by atoms with E-state index in [4.69, 9.17) is 9.63 Å². The predicted molar refractivity (Wildman–Crippen MR) is 70.9 cm³/mol. The molecule has 0 fully saturated rings. The highest BCUT2D eigenvalue weighted by Crippen LogP contribution is 2.22. The summed E-state index contributed by atoms with van der Waals surface area (Å²) in [5.41, 5.74) is 0.480. The Morgan fingerprint density at radius 3 is 2.85 bits per heavy atom. The largest absolute Gasteiger partial charge is 0.481 e. The zero-order valence-corrected chi connectivity index (χ0v) is 12.1. The third kappa shape index (κ3) is 3.65. The van der Waals surface area contributed by atoms with Gasteiger partial charge in [-0.3, -0.25) is 4.79 Å². The summed E-state index contributed by atoms with van der Waals surface area (Å²) in [6.45, 7) is 1.73. The molecular formula is C11H12N2O5S2. The van der Waals surface area contributed by atoms with Gasteiger partial charge in [-0.25, -0.2) is 13.1 Å². The highest BCUT2D eigenvalue weighted by molar-refractivity contribution is 7.91. The number of thiophene rings is 1. The number of carboxylic acid groups (broad SMARTS) is 1. The third-order valence-electron chi connectivity index (χ3n) is 2.35. The van der Waals surface area contributed by atoms with Gasteiger partial charge in [0.05, 0.1) is 18.7 Å². The van der Waals surface area contributed by atoms with Gasteiger partial charge in [-0.1, -0.05) is 5.16 Å². The van der Waals surface area contributed by atoms with E-state index in [1.54, 1.807) is 13.0 Å². The standard InChI is InChI=1S/C11H12N2O5S2/c1-7-4-8(13-18-7)6-12-20(16,17)11-3-2-9(19-11)5-10(14)15/h2-4,12H,5-6H2,1H3,(H,14,15). The zero-order valence-electron chi connectivity index (χ0n) is 10.5. The van der Waals surface area contributed by atoms with Gasteiger partial charge in [0.2, 0.25) is 10.0 Å². The maximum atomic E-state index is 12.0. The van der Waals surface area contributed by atoms with Gasteiger partial charge < -0.3 is 9.63 Å². The Balaban J connectivity index is 2.06. The molecule has 0 atom stereocenters. The Labute approximate surface area is 119 Å². The van der Waals surface area contributed by atoms with Crippen molar-refractivity contribution in [3.8, 4) is 0 Å². The summed E-state index contributed by atoms with van der Waals surface area (Å²) >= 11 is 0.933. The van der Waals surface area contributed by atoms with Crippen molar-refractivity contribution < 1.29 is 22.8 Å². The average molecular weight is 316 g/mol. The van der Waals surface area contributed by atoms with Gasteiger partial charge in [0.15, 0.2) is 0 Å². The van der Waals surface area contributed by atoms with Gasteiger partial charge in [0, 0.05) is 10.9 Å². The van der Waals surface area contributed by atoms with Crippen LogP contribution in [0.15, 0.2) is 26.9 Å². The van der Waals surface area contributed by atoms with Crippen molar-refractivity contribution in [2.75, 3.05) is 0 Å². The molecule has 7 nitrogen and oxygen atoms in total. The predicted octanol–water partition coefficient (Wildman–Crippen LogP) is 1.15. The molecule has 2 heterocycles.